The van der Waals surface area contributed by atoms with E-state index in [4.69, 9.17) is 4.74 Å². The fourth-order valence-electron chi connectivity index (χ4n) is 2.21. The van der Waals surface area contributed by atoms with Crippen LogP contribution in [0.3, 0.4) is 0 Å². The average molecular weight is 218 g/mol. The molecular weight excluding hydrogens is 204 g/mol. The quantitative estimate of drug-likeness (QED) is 0.768. The number of phenolic OH excluding ortho intramolecular Hbond substituents is 1. The van der Waals surface area contributed by atoms with Gasteiger partial charge in [0.15, 0.2) is 5.90 Å². The largest absolute Gasteiger partial charge is 0.508 e. The van der Waals surface area contributed by atoms with Crippen LogP contribution in [0.5, 0.6) is 5.75 Å². The average Bonchev–Trinajstić information content (AvgIpc) is 2.77. The normalized spacial score (nSPS) is 27.4. The molecule has 3 rings (SSSR count). The van der Waals surface area contributed by atoms with Gasteiger partial charge in [0.1, 0.15) is 17.9 Å². The number of aliphatic imine (C=N–C) groups is 1. The second kappa shape index (κ2) is 3.79. The molecule has 4 nitrogen and oxygen atoms in total. The van der Waals surface area contributed by atoms with Crippen LogP contribution in [0.4, 0.5) is 0 Å². The van der Waals surface area contributed by atoms with Crippen LogP contribution in [0.2, 0.25) is 0 Å². The Bertz CT molecular complexity index is 431. The Morgan fingerprint density at radius 3 is 3.19 bits per heavy atom. The molecule has 0 spiro atoms. The van der Waals surface area contributed by atoms with E-state index in [9.17, 15) is 5.11 Å². The van der Waals surface area contributed by atoms with Crippen LogP contribution in [-0.4, -0.2) is 36.2 Å². The summed E-state index contributed by atoms with van der Waals surface area (Å²) in [5, 5.41) is 12.6. The Morgan fingerprint density at radius 1 is 1.44 bits per heavy atom. The zero-order valence-electron chi connectivity index (χ0n) is 8.89. The summed E-state index contributed by atoms with van der Waals surface area (Å²) in [7, 11) is 0. The molecular formula is C12H14N2O2. The minimum atomic E-state index is 0.215. The van der Waals surface area contributed by atoms with Crippen LogP contribution >= 0.6 is 0 Å². The van der Waals surface area contributed by atoms with Gasteiger partial charge in [-0.3, -0.25) is 0 Å². The predicted molar refractivity (Wildman–Crippen MR) is 60.8 cm³/mol. The summed E-state index contributed by atoms with van der Waals surface area (Å²) < 4.78 is 5.74. The van der Waals surface area contributed by atoms with Crippen molar-refractivity contribution in [2.75, 3.05) is 13.1 Å². The molecule has 0 bridgehead atoms. The smallest absolute Gasteiger partial charge is 0.188 e. The molecule has 1 aromatic carbocycles. The number of ether oxygens (including phenoxy) is 1. The second-order valence-electron chi connectivity index (χ2n) is 4.25. The third-order valence-electron chi connectivity index (χ3n) is 2.99. The number of aromatic hydroxyl groups is 1. The molecule has 1 saturated heterocycles. The number of fused-ring (bicyclic) bond motifs is 1. The van der Waals surface area contributed by atoms with Gasteiger partial charge in [-0.1, -0.05) is 12.1 Å². The molecule has 0 saturated carbocycles. The van der Waals surface area contributed by atoms with Crippen molar-refractivity contribution in [3.63, 3.8) is 0 Å². The van der Waals surface area contributed by atoms with Gasteiger partial charge in [0, 0.05) is 19.5 Å². The number of nitrogens with one attached hydrogen (secondary N) is 1. The molecule has 4 heteroatoms. The first-order valence-corrected chi connectivity index (χ1v) is 5.53. The lowest BCUT2D eigenvalue weighted by atomic mass is 10.1. The summed E-state index contributed by atoms with van der Waals surface area (Å²) in [6, 6.07) is 7.50. The van der Waals surface area contributed by atoms with Crippen molar-refractivity contribution in [1.29, 1.82) is 0 Å². The lowest BCUT2D eigenvalue weighted by Crippen LogP contribution is -2.20. The van der Waals surface area contributed by atoms with Crippen LogP contribution in [0.15, 0.2) is 29.3 Å². The summed E-state index contributed by atoms with van der Waals surface area (Å²) in [6.45, 7) is 1.80. The van der Waals surface area contributed by atoms with Gasteiger partial charge in [0.2, 0.25) is 0 Å². The molecule has 2 N–H and O–H groups in total. The van der Waals surface area contributed by atoms with E-state index in [0.717, 1.165) is 24.6 Å². The van der Waals surface area contributed by atoms with E-state index in [0.29, 0.717) is 6.42 Å². The minimum absolute atomic E-state index is 0.215. The van der Waals surface area contributed by atoms with Crippen LogP contribution in [0.25, 0.3) is 0 Å². The van der Waals surface area contributed by atoms with Crippen LogP contribution in [-0.2, 0) is 11.2 Å². The standard InChI is InChI=1S/C12H14N2O2/c15-9-3-1-2-8(4-9)5-12-14-10-6-13-7-11(10)16-12/h1-4,10-11,13,15H,5-7H2. The molecule has 1 aromatic rings. The highest BCUT2D eigenvalue weighted by Crippen LogP contribution is 2.20. The SMILES string of the molecule is Oc1cccc(CC2=NC3CNCC3O2)c1. The number of nitrogens with zero attached hydrogens (tertiary/aromatic N) is 1. The molecule has 2 aliphatic rings. The summed E-state index contributed by atoms with van der Waals surface area (Å²) in [5.41, 5.74) is 1.03. The molecule has 16 heavy (non-hydrogen) atoms. The van der Waals surface area contributed by atoms with Crippen LogP contribution in [0.1, 0.15) is 5.56 Å². The number of rotatable bonds is 2. The highest BCUT2D eigenvalue weighted by molar-refractivity contribution is 5.80. The Hall–Kier alpha value is -1.55. The van der Waals surface area contributed by atoms with Crippen molar-refractivity contribution in [3.8, 4) is 5.75 Å². The lowest BCUT2D eigenvalue weighted by molar-refractivity contribution is 0.220. The Balaban J connectivity index is 1.72. The highest BCUT2D eigenvalue weighted by atomic mass is 16.5. The fourth-order valence-corrected chi connectivity index (χ4v) is 2.21. The van der Waals surface area contributed by atoms with Gasteiger partial charge in [-0.2, -0.15) is 0 Å². The van der Waals surface area contributed by atoms with Gasteiger partial charge in [-0.15, -0.1) is 0 Å². The zero-order chi connectivity index (χ0) is 11.0. The van der Waals surface area contributed by atoms with Crippen molar-refractivity contribution in [1.82, 2.24) is 5.32 Å². The van der Waals surface area contributed by atoms with Crippen molar-refractivity contribution >= 4 is 5.90 Å². The van der Waals surface area contributed by atoms with Crippen molar-refractivity contribution in [2.24, 2.45) is 4.99 Å². The van der Waals surface area contributed by atoms with E-state index in [1.54, 1.807) is 12.1 Å². The number of phenols is 1. The topological polar surface area (TPSA) is 53.9 Å². The van der Waals surface area contributed by atoms with E-state index in [1.807, 2.05) is 12.1 Å². The highest BCUT2D eigenvalue weighted by Gasteiger charge is 2.34. The maximum atomic E-state index is 9.36. The molecule has 0 aromatic heterocycles. The minimum Gasteiger partial charge on any atom is -0.508 e. The molecule has 0 radical (unpaired) electrons. The number of hydrogen-bond donors (Lipinski definition) is 2. The van der Waals surface area contributed by atoms with E-state index >= 15 is 0 Å². The molecule has 0 amide bonds. The van der Waals surface area contributed by atoms with Gasteiger partial charge in [0.25, 0.3) is 0 Å². The van der Waals surface area contributed by atoms with Gasteiger partial charge in [-0.05, 0) is 17.7 Å². The maximum Gasteiger partial charge on any atom is 0.188 e. The molecule has 2 heterocycles. The van der Waals surface area contributed by atoms with E-state index in [1.165, 1.54) is 0 Å². The molecule has 1 fully saturated rings. The first-order valence-electron chi connectivity index (χ1n) is 5.53. The van der Waals surface area contributed by atoms with Gasteiger partial charge >= 0.3 is 0 Å². The number of benzene rings is 1. The molecule has 84 valence electrons. The molecule has 2 aliphatic heterocycles. The third kappa shape index (κ3) is 1.76. The molecule has 2 unspecified atom stereocenters. The molecule has 0 aliphatic carbocycles. The third-order valence-corrected chi connectivity index (χ3v) is 2.99. The first kappa shape index (κ1) is 9.66. The Kier molecular flexibility index (Phi) is 2.29. The van der Waals surface area contributed by atoms with E-state index < -0.39 is 0 Å². The number of hydrogen-bond acceptors (Lipinski definition) is 4. The maximum absolute atomic E-state index is 9.36. The fraction of sp³-hybridized carbons (Fsp3) is 0.417. The Morgan fingerprint density at radius 2 is 2.38 bits per heavy atom. The monoisotopic (exact) mass is 218 g/mol. The van der Waals surface area contributed by atoms with E-state index in [2.05, 4.69) is 10.3 Å². The van der Waals surface area contributed by atoms with E-state index in [-0.39, 0.29) is 17.9 Å². The van der Waals surface area contributed by atoms with Gasteiger partial charge in [-0.25, -0.2) is 4.99 Å². The summed E-state index contributed by atoms with van der Waals surface area (Å²) in [5.74, 6) is 1.08. The van der Waals surface area contributed by atoms with Gasteiger partial charge < -0.3 is 15.2 Å². The predicted octanol–water partition coefficient (Wildman–Crippen LogP) is 0.704. The first-order chi connectivity index (χ1) is 7.81. The van der Waals surface area contributed by atoms with Crippen molar-refractivity contribution < 1.29 is 9.84 Å². The summed E-state index contributed by atoms with van der Waals surface area (Å²) in [6.07, 6.45) is 0.883. The van der Waals surface area contributed by atoms with Crippen LogP contribution in [0, 0.1) is 0 Å². The molecule has 2 atom stereocenters. The summed E-state index contributed by atoms with van der Waals surface area (Å²) in [4.78, 5) is 4.53. The lowest BCUT2D eigenvalue weighted by Gasteiger charge is -2.08. The summed E-state index contributed by atoms with van der Waals surface area (Å²) >= 11 is 0. The van der Waals surface area contributed by atoms with Crippen LogP contribution < -0.4 is 5.32 Å². The zero-order valence-corrected chi connectivity index (χ0v) is 8.89. The van der Waals surface area contributed by atoms with Crippen molar-refractivity contribution in [3.05, 3.63) is 29.8 Å². The van der Waals surface area contributed by atoms with Gasteiger partial charge in [0.05, 0.1) is 0 Å². The van der Waals surface area contributed by atoms with Crippen molar-refractivity contribution in [2.45, 2.75) is 18.6 Å². The second-order valence-corrected chi connectivity index (χ2v) is 4.25. The Labute approximate surface area is 94.0 Å².